The number of aliphatic carboxylic acids is 1. The second-order valence-corrected chi connectivity index (χ2v) is 8.18. The second kappa shape index (κ2) is 12.4. The number of carbonyl (C=O) groups excluding carboxylic acids is 2. The zero-order chi connectivity index (χ0) is 21.5. The maximum absolute atomic E-state index is 13.2. The summed E-state index contributed by atoms with van der Waals surface area (Å²) in [5.41, 5.74) is 0.289. The molecule has 2 aromatic rings. The average Bonchev–Trinajstić information content (AvgIpc) is 3.23. The van der Waals surface area contributed by atoms with Crippen molar-refractivity contribution in [3.63, 3.8) is 0 Å². The predicted octanol–water partition coefficient (Wildman–Crippen LogP) is 1.56. The molecule has 1 N–H and O–H groups in total. The normalized spacial score (nSPS) is 14.1. The quantitative estimate of drug-likeness (QED) is 0.443. The molecule has 0 aliphatic heterocycles. The Balaban J connectivity index is 0.00000341. The van der Waals surface area contributed by atoms with E-state index in [9.17, 15) is 19.1 Å². The fraction of sp³-hybridized carbons (Fsp3) is 0.304. The molecule has 5 nitrogen and oxygen atoms in total. The van der Waals surface area contributed by atoms with Crippen LogP contribution in [0.2, 0.25) is 0 Å². The molecule has 0 radical (unpaired) electrons. The van der Waals surface area contributed by atoms with Crippen LogP contribution in [-0.4, -0.2) is 11.9 Å². The number of hydrogen-bond donors (Lipinski definition) is 1. The Hall–Kier alpha value is -1.67. The standard InChI is InChI=1S/C23H23BrFNO4.Na/c24-19-14-17(25)8-11-21(19)30-18-9-5-16(6-10-18)13-20(23(28)29)26-22(27)12-7-15-3-1-2-4-15;/h5-6,8-11,13-15H,1-4,7,12H2,(H,26,27)(H,28,29);/q;+1/p-1/b20-13-;. The van der Waals surface area contributed by atoms with E-state index in [1.165, 1.54) is 37.1 Å². The van der Waals surface area contributed by atoms with E-state index in [1.807, 2.05) is 0 Å². The molecule has 31 heavy (non-hydrogen) atoms. The second-order valence-electron chi connectivity index (χ2n) is 7.33. The predicted molar refractivity (Wildman–Crippen MR) is 113 cm³/mol. The van der Waals surface area contributed by atoms with Gasteiger partial charge in [-0.1, -0.05) is 37.8 Å². The van der Waals surface area contributed by atoms with Crippen LogP contribution >= 0.6 is 15.9 Å². The number of carbonyl (C=O) groups is 2. The van der Waals surface area contributed by atoms with Gasteiger partial charge >= 0.3 is 29.6 Å². The number of ether oxygens (including phenoxy) is 1. The van der Waals surface area contributed by atoms with Gasteiger partial charge in [0, 0.05) is 6.42 Å². The molecule has 0 saturated heterocycles. The third-order valence-corrected chi connectivity index (χ3v) is 5.68. The Morgan fingerprint density at radius 1 is 1.16 bits per heavy atom. The summed E-state index contributed by atoms with van der Waals surface area (Å²) in [5.74, 6) is -0.646. The maximum Gasteiger partial charge on any atom is 1.00 e. The van der Waals surface area contributed by atoms with Crippen LogP contribution < -0.4 is 44.7 Å². The van der Waals surface area contributed by atoms with Crippen molar-refractivity contribution in [2.75, 3.05) is 0 Å². The first kappa shape index (κ1) is 25.6. The van der Waals surface area contributed by atoms with Gasteiger partial charge in [0.25, 0.3) is 0 Å². The Bertz CT molecular complexity index is 943. The summed E-state index contributed by atoms with van der Waals surface area (Å²) in [4.78, 5) is 23.5. The van der Waals surface area contributed by atoms with Crippen molar-refractivity contribution >= 4 is 33.9 Å². The first-order chi connectivity index (χ1) is 14.4. The van der Waals surface area contributed by atoms with Crippen LogP contribution in [0.4, 0.5) is 4.39 Å². The largest absolute Gasteiger partial charge is 1.00 e. The molecule has 0 atom stereocenters. The molecule has 0 spiro atoms. The van der Waals surface area contributed by atoms with Crippen LogP contribution in [0.5, 0.6) is 11.5 Å². The van der Waals surface area contributed by atoms with E-state index in [2.05, 4.69) is 21.2 Å². The van der Waals surface area contributed by atoms with Crippen LogP contribution in [-0.2, 0) is 9.59 Å². The minimum absolute atomic E-state index is 0. The number of rotatable bonds is 8. The van der Waals surface area contributed by atoms with E-state index >= 15 is 0 Å². The van der Waals surface area contributed by atoms with E-state index < -0.39 is 5.97 Å². The molecule has 3 rings (SSSR count). The van der Waals surface area contributed by atoms with E-state index in [0.29, 0.717) is 33.9 Å². The summed E-state index contributed by atoms with van der Waals surface area (Å²) in [6.07, 6.45) is 7.10. The zero-order valence-corrected chi connectivity index (χ0v) is 20.9. The van der Waals surface area contributed by atoms with Crippen LogP contribution in [0, 0.1) is 11.7 Å². The fourth-order valence-electron chi connectivity index (χ4n) is 3.48. The van der Waals surface area contributed by atoms with Gasteiger partial charge in [0.1, 0.15) is 17.3 Å². The number of benzene rings is 2. The third-order valence-electron chi connectivity index (χ3n) is 5.06. The van der Waals surface area contributed by atoms with E-state index in [4.69, 9.17) is 4.74 Å². The first-order valence-electron chi connectivity index (χ1n) is 9.86. The topological polar surface area (TPSA) is 78.5 Å². The number of carboxylic acid groups (broad SMARTS) is 1. The molecule has 0 heterocycles. The number of amides is 1. The number of halogens is 2. The molecule has 2 aromatic carbocycles. The Morgan fingerprint density at radius 2 is 1.84 bits per heavy atom. The molecule has 1 amide bonds. The number of hydrogen-bond acceptors (Lipinski definition) is 4. The monoisotopic (exact) mass is 497 g/mol. The van der Waals surface area contributed by atoms with Gasteiger partial charge in [-0.25, -0.2) is 4.39 Å². The summed E-state index contributed by atoms with van der Waals surface area (Å²) in [6, 6.07) is 10.7. The van der Waals surface area contributed by atoms with Crippen molar-refractivity contribution in [1.82, 2.24) is 5.32 Å². The van der Waals surface area contributed by atoms with Gasteiger partial charge in [-0.05, 0) is 70.2 Å². The maximum atomic E-state index is 13.2. The van der Waals surface area contributed by atoms with E-state index in [0.717, 1.165) is 19.3 Å². The molecular weight excluding hydrogens is 476 g/mol. The van der Waals surface area contributed by atoms with Crippen molar-refractivity contribution in [2.24, 2.45) is 5.92 Å². The van der Waals surface area contributed by atoms with Gasteiger partial charge in [0.05, 0.1) is 16.1 Å². The van der Waals surface area contributed by atoms with Gasteiger partial charge in [-0.2, -0.15) is 0 Å². The molecular formula is C23H22BrFNNaO4. The van der Waals surface area contributed by atoms with Crippen LogP contribution in [0.15, 0.2) is 52.6 Å². The molecule has 1 aliphatic rings. The average molecular weight is 498 g/mol. The van der Waals surface area contributed by atoms with Crippen molar-refractivity contribution < 1.29 is 53.4 Å². The summed E-state index contributed by atoms with van der Waals surface area (Å²) >= 11 is 3.24. The number of nitrogens with one attached hydrogen (secondary N) is 1. The summed E-state index contributed by atoms with van der Waals surface area (Å²) in [6.45, 7) is 0. The Morgan fingerprint density at radius 3 is 2.45 bits per heavy atom. The summed E-state index contributed by atoms with van der Waals surface area (Å²) in [7, 11) is 0. The van der Waals surface area contributed by atoms with Gasteiger partial charge in [-0.15, -0.1) is 0 Å². The zero-order valence-electron chi connectivity index (χ0n) is 17.3. The third kappa shape index (κ3) is 8.07. The summed E-state index contributed by atoms with van der Waals surface area (Å²) in [5, 5.41) is 13.9. The minimum Gasteiger partial charge on any atom is -0.543 e. The van der Waals surface area contributed by atoms with Crippen molar-refractivity contribution in [3.05, 3.63) is 64.0 Å². The molecule has 1 fully saturated rings. The van der Waals surface area contributed by atoms with Gasteiger partial charge < -0.3 is 20.0 Å². The molecule has 8 heteroatoms. The van der Waals surface area contributed by atoms with E-state index in [-0.39, 0.29) is 47.0 Å². The molecule has 0 aromatic heterocycles. The molecule has 1 aliphatic carbocycles. The van der Waals surface area contributed by atoms with Crippen molar-refractivity contribution in [1.29, 1.82) is 0 Å². The SMILES string of the molecule is O=C(CCC1CCCC1)N/C(=C\c1ccc(Oc2ccc(F)cc2Br)cc1)C(=O)[O-].[Na+]. The first-order valence-corrected chi connectivity index (χ1v) is 10.7. The minimum atomic E-state index is -1.44. The van der Waals surface area contributed by atoms with Gasteiger partial charge in [-0.3, -0.25) is 4.79 Å². The van der Waals surface area contributed by atoms with Crippen LogP contribution in [0.1, 0.15) is 44.1 Å². The molecule has 0 bridgehead atoms. The van der Waals surface area contributed by atoms with Crippen LogP contribution in [0.25, 0.3) is 6.08 Å². The Labute approximate surface area is 211 Å². The van der Waals surface area contributed by atoms with Crippen LogP contribution in [0.3, 0.4) is 0 Å². The van der Waals surface area contributed by atoms with Gasteiger partial charge in [0.2, 0.25) is 5.91 Å². The Kier molecular flexibility index (Phi) is 10.2. The van der Waals surface area contributed by atoms with Crippen molar-refractivity contribution in [2.45, 2.75) is 38.5 Å². The molecule has 1 saturated carbocycles. The van der Waals surface area contributed by atoms with E-state index in [1.54, 1.807) is 24.3 Å². The molecule has 158 valence electrons. The fourth-order valence-corrected chi connectivity index (χ4v) is 3.91. The smallest absolute Gasteiger partial charge is 0.543 e. The summed E-state index contributed by atoms with van der Waals surface area (Å²) < 4.78 is 19.3. The van der Waals surface area contributed by atoms with Crippen molar-refractivity contribution in [3.8, 4) is 11.5 Å². The number of carboxylic acids is 1. The molecule has 0 unspecified atom stereocenters. The van der Waals surface area contributed by atoms with Gasteiger partial charge in [0.15, 0.2) is 0 Å².